The highest BCUT2D eigenvalue weighted by Crippen LogP contribution is 2.28. The van der Waals surface area contributed by atoms with Crippen molar-refractivity contribution in [2.75, 3.05) is 25.6 Å². The Labute approximate surface area is 135 Å². The van der Waals surface area contributed by atoms with Crippen LogP contribution in [0.4, 0.5) is 10.5 Å². The van der Waals surface area contributed by atoms with Crippen molar-refractivity contribution < 1.29 is 19.4 Å². The summed E-state index contributed by atoms with van der Waals surface area (Å²) in [5.74, 6) is 0.566. The number of aliphatic hydroxyl groups is 1. The van der Waals surface area contributed by atoms with E-state index in [1.165, 1.54) is 0 Å². The minimum absolute atomic E-state index is 0.0192. The normalized spacial score (nSPS) is 12.1. The zero-order valence-corrected chi connectivity index (χ0v) is 13.8. The average Bonchev–Trinajstić information content (AvgIpc) is 2.46. The Bertz CT molecular complexity index is 483. The zero-order valence-electron chi connectivity index (χ0n) is 13.1. The summed E-state index contributed by atoms with van der Waals surface area (Å²) in [6.45, 7) is 4.12. The molecule has 0 saturated heterocycles. The molecule has 0 aliphatic carbocycles. The molecule has 1 atom stereocenters. The van der Waals surface area contributed by atoms with Crippen molar-refractivity contribution in [3.63, 3.8) is 0 Å². The molecule has 0 fully saturated rings. The lowest BCUT2D eigenvalue weighted by molar-refractivity contribution is 0.161. The van der Waals surface area contributed by atoms with E-state index in [0.717, 1.165) is 0 Å². The van der Waals surface area contributed by atoms with Gasteiger partial charge in [-0.3, -0.25) is 0 Å². The number of rotatable bonds is 8. The van der Waals surface area contributed by atoms with Gasteiger partial charge < -0.3 is 25.2 Å². The third-order valence-electron chi connectivity index (χ3n) is 2.78. The minimum Gasteiger partial charge on any atom is -0.489 e. The largest absolute Gasteiger partial charge is 0.489 e. The molecule has 1 aromatic carbocycles. The molecule has 0 spiro atoms. The number of halogens is 1. The lowest BCUT2D eigenvalue weighted by Gasteiger charge is -2.17. The van der Waals surface area contributed by atoms with E-state index in [2.05, 4.69) is 10.6 Å². The van der Waals surface area contributed by atoms with Crippen molar-refractivity contribution in [3.05, 3.63) is 23.2 Å². The molecule has 0 radical (unpaired) electrons. The summed E-state index contributed by atoms with van der Waals surface area (Å²) < 4.78 is 10.4. The maximum atomic E-state index is 11.9. The van der Waals surface area contributed by atoms with Gasteiger partial charge >= 0.3 is 6.03 Å². The predicted molar refractivity (Wildman–Crippen MR) is 86.7 cm³/mol. The number of hydrogen-bond acceptors (Lipinski definition) is 4. The van der Waals surface area contributed by atoms with Crippen molar-refractivity contribution in [1.29, 1.82) is 0 Å². The second-order valence-electron chi connectivity index (χ2n) is 5.07. The molecule has 0 unspecified atom stereocenters. The Balaban J connectivity index is 2.58. The average molecular weight is 331 g/mol. The first-order valence-corrected chi connectivity index (χ1v) is 7.47. The molecule has 7 heteroatoms. The number of aliphatic hydroxyl groups excluding tert-OH is 1. The number of amides is 2. The zero-order chi connectivity index (χ0) is 16.5. The first kappa shape index (κ1) is 18.5. The Morgan fingerprint density at radius 2 is 2.14 bits per heavy atom. The van der Waals surface area contributed by atoms with Gasteiger partial charge in [-0.25, -0.2) is 4.79 Å². The van der Waals surface area contributed by atoms with Crippen LogP contribution in [0.5, 0.6) is 5.75 Å². The molecular weight excluding hydrogens is 308 g/mol. The van der Waals surface area contributed by atoms with Crippen LogP contribution in [0.15, 0.2) is 18.2 Å². The summed E-state index contributed by atoms with van der Waals surface area (Å²) in [6, 6.07) is 4.24. The smallest absolute Gasteiger partial charge is 0.319 e. The molecule has 2 amide bonds. The molecule has 0 aromatic heterocycles. The molecule has 0 aliphatic heterocycles. The van der Waals surface area contributed by atoms with E-state index in [1.54, 1.807) is 25.3 Å². The van der Waals surface area contributed by atoms with Gasteiger partial charge in [0.2, 0.25) is 0 Å². The number of methoxy groups -OCH3 is 1. The van der Waals surface area contributed by atoms with Crippen LogP contribution >= 0.6 is 11.6 Å². The van der Waals surface area contributed by atoms with Crippen LogP contribution < -0.4 is 15.4 Å². The Morgan fingerprint density at radius 3 is 2.68 bits per heavy atom. The molecule has 1 aromatic rings. The lowest BCUT2D eigenvalue weighted by Crippen LogP contribution is -2.40. The predicted octanol–water partition coefficient (Wildman–Crippen LogP) is 2.65. The van der Waals surface area contributed by atoms with Crippen LogP contribution in [0.25, 0.3) is 0 Å². The summed E-state index contributed by atoms with van der Waals surface area (Å²) in [7, 11) is 1.57. The summed E-state index contributed by atoms with van der Waals surface area (Å²) in [6.07, 6.45) is 0.549. The first-order chi connectivity index (χ1) is 10.5. The number of nitrogens with one attached hydrogen (secondary N) is 2. The van der Waals surface area contributed by atoms with Gasteiger partial charge in [0.15, 0.2) is 0 Å². The topological polar surface area (TPSA) is 79.8 Å². The van der Waals surface area contributed by atoms with Gasteiger partial charge in [0.25, 0.3) is 0 Å². The van der Waals surface area contributed by atoms with Crippen molar-refractivity contribution in [3.8, 4) is 5.75 Å². The summed E-state index contributed by atoms with van der Waals surface area (Å²) in [5.41, 5.74) is 0.544. The molecular formula is C15H23ClN2O4. The number of anilines is 1. The van der Waals surface area contributed by atoms with E-state index in [0.29, 0.717) is 29.5 Å². The third kappa shape index (κ3) is 6.51. The van der Waals surface area contributed by atoms with Gasteiger partial charge in [-0.1, -0.05) is 11.6 Å². The van der Waals surface area contributed by atoms with Crippen LogP contribution in [-0.4, -0.2) is 43.6 Å². The lowest BCUT2D eigenvalue weighted by atomic mass is 10.2. The molecule has 0 saturated carbocycles. The van der Waals surface area contributed by atoms with Gasteiger partial charge in [-0.2, -0.15) is 0 Å². The number of carbonyl (C=O) groups is 1. The fourth-order valence-corrected chi connectivity index (χ4v) is 1.97. The Kier molecular flexibility index (Phi) is 8.01. The monoisotopic (exact) mass is 330 g/mol. The third-order valence-corrected chi connectivity index (χ3v) is 3.07. The molecule has 0 heterocycles. The number of hydrogen-bond donors (Lipinski definition) is 3. The standard InChI is InChI=1S/C15H23ClN2O4/c1-10(2)22-14-5-4-11(8-13(14)16)17-15(20)18-12(9-19)6-7-21-3/h4-5,8,10,12,19H,6-7,9H2,1-3H3,(H2,17,18,20)/t12-/m0/s1. The summed E-state index contributed by atoms with van der Waals surface area (Å²) in [4.78, 5) is 11.9. The van der Waals surface area contributed by atoms with Gasteiger partial charge in [0, 0.05) is 19.4 Å². The highest BCUT2D eigenvalue weighted by molar-refractivity contribution is 6.32. The minimum atomic E-state index is -0.413. The quantitative estimate of drug-likeness (QED) is 0.684. The summed E-state index contributed by atoms with van der Waals surface area (Å²) >= 11 is 6.11. The van der Waals surface area contributed by atoms with Crippen molar-refractivity contribution >= 4 is 23.3 Å². The van der Waals surface area contributed by atoms with Crippen LogP contribution in [-0.2, 0) is 4.74 Å². The van der Waals surface area contributed by atoms with Gasteiger partial charge in [0.05, 0.1) is 23.8 Å². The van der Waals surface area contributed by atoms with Crippen LogP contribution in [0.1, 0.15) is 20.3 Å². The van der Waals surface area contributed by atoms with Gasteiger partial charge in [0.1, 0.15) is 5.75 Å². The van der Waals surface area contributed by atoms with Crippen LogP contribution in [0.3, 0.4) is 0 Å². The fourth-order valence-electron chi connectivity index (χ4n) is 1.75. The van der Waals surface area contributed by atoms with Gasteiger partial charge in [-0.05, 0) is 38.5 Å². The van der Waals surface area contributed by atoms with Crippen LogP contribution in [0.2, 0.25) is 5.02 Å². The number of ether oxygens (including phenoxy) is 2. The fraction of sp³-hybridized carbons (Fsp3) is 0.533. The SMILES string of the molecule is COCC[C@@H](CO)NC(=O)Nc1ccc(OC(C)C)c(Cl)c1. The van der Waals surface area contributed by atoms with Gasteiger partial charge in [-0.15, -0.1) is 0 Å². The number of urea groups is 1. The van der Waals surface area contributed by atoms with Crippen LogP contribution in [0, 0.1) is 0 Å². The second kappa shape index (κ2) is 9.50. The molecule has 6 nitrogen and oxygen atoms in total. The maximum Gasteiger partial charge on any atom is 0.319 e. The molecule has 22 heavy (non-hydrogen) atoms. The Hall–Kier alpha value is -1.50. The highest BCUT2D eigenvalue weighted by atomic mass is 35.5. The molecule has 3 N–H and O–H groups in total. The van der Waals surface area contributed by atoms with E-state index in [1.807, 2.05) is 13.8 Å². The summed E-state index contributed by atoms with van der Waals surface area (Å²) in [5, 5.41) is 14.9. The van der Waals surface area contributed by atoms with E-state index in [-0.39, 0.29) is 18.8 Å². The van der Waals surface area contributed by atoms with Crippen molar-refractivity contribution in [2.24, 2.45) is 0 Å². The van der Waals surface area contributed by atoms with E-state index in [4.69, 9.17) is 21.1 Å². The molecule has 0 bridgehead atoms. The second-order valence-corrected chi connectivity index (χ2v) is 5.48. The van der Waals surface area contributed by atoms with Crippen molar-refractivity contribution in [1.82, 2.24) is 5.32 Å². The van der Waals surface area contributed by atoms with E-state index < -0.39 is 6.03 Å². The Morgan fingerprint density at radius 1 is 1.41 bits per heavy atom. The van der Waals surface area contributed by atoms with E-state index in [9.17, 15) is 9.90 Å². The first-order valence-electron chi connectivity index (χ1n) is 7.09. The molecule has 124 valence electrons. The van der Waals surface area contributed by atoms with E-state index >= 15 is 0 Å². The number of carbonyl (C=O) groups excluding carboxylic acids is 1. The van der Waals surface area contributed by atoms with Crippen molar-refractivity contribution in [2.45, 2.75) is 32.4 Å². The highest BCUT2D eigenvalue weighted by Gasteiger charge is 2.12. The maximum absolute atomic E-state index is 11.9. The number of benzene rings is 1. The molecule has 0 aliphatic rings. The molecule has 1 rings (SSSR count).